The van der Waals surface area contributed by atoms with E-state index in [0.29, 0.717) is 11.1 Å². The maximum atomic E-state index is 3.74. The van der Waals surface area contributed by atoms with E-state index in [1.165, 1.54) is 32.4 Å². The monoisotopic (exact) mass is 208 g/mol. The van der Waals surface area contributed by atoms with Crippen LogP contribution in [0.1, 0.15) is 40.0 Å². The minimum absolute atomic E-state index is 0.316. The van der Waals surface area contributed by atoms with Crippen molar-refractivity contribution in [3.63, 3.8) is 0 Å². The fourth-order valence-corrected chi connectivity index (χ4v) is 2.72. The first-order valence-electron chi connectivity index (χ1n) is 6.17. The third-order valence-corrected chi connectivity index (χ3v) is 3.79. The molecule has 0 bridgehead atoms. The average Bonchev–Trinajstić information content (AvgIpc) is 2.18. The standard InChI is InChI=1S/C13H24N2/c1-12(2,3)15-10-9-14-13(11-15)7-5-4-6-8-13/h4-5,14H,6-11H2,1-3H3/t13-/m1/s1. The zero-order valence-electron chi connectivity index (χ0n) is 10.3. The third kappa shape index (κ3) is 2.43. The Morgan fingerprint density at radius 3 is 2.67 bits per heavy atom. The summed E-state index contributed by atoms with van der Waals surface area (Å²) in [6.07, 6.45) is 8.42. The van der Waals surface area contributed by atoms with Crippen molar-refractivity contribution in [1.29, 1.82) is 0 Å². The molecule has 1 aliphatic heterocycles. The zero-order valence-corrected chi connectivity index (χ0v) is 10.3. The fraction of sp³-hybridized carbons (Fsp3) is 0.846. The molecule has 15 heavy (non-hydrogen) atoms. The molecule has 1 spiro atoms. The maximum absolute atomic E-state index is 3.74. The summed E-state index contributed by atoms with van der Waals surface area (Å²) in [5.74, 6) is 0. The molecular formula is C13H24N2. The van der Waals surface area contributed by atoms with Crippen LogP contribution in [-0.4, -0.2) is 35.6 Å². The number of hydrogen-bond acceptors (Lipinski definition) is 2. The molecule has 0 aromatic rings. The van der Waals surface area contributed by atoms with Crippen LogP contribution in [-0.2, 0) is 0 Å². The molecule has 86 valence electrons. The van der Waals surface area contributed by atoms with Gasteiger partial charge in [-0.2, -0.15) is 0 Å². The highest BCUT2D eigenvalue weighted by Gasteiger charge is 2.37. The lowest BCUT2D eigenvalue weighted by atomic mass is 9.82. The molecule has 0 aromatic heterocycles. The molecule has 1 N–H and O–H groups in total. The van der Waals surface area contributed by atoms with E-state index in [-0.39, 0.29) is 0 Å². The van der Waals surface area contributed by atoms with Crippen molar-refractivity contribution in [2.24, 2.45) is 0 Å². The summed E-state index contributed by atoms with van der Waals surface area (Å²) in [7, 11) is 0. The highest BCUT2D eigenvalue weighted by atomic mass is 15.3. The van der Waals surface area contributed by atoms with E-state index in [2.05, 4.69) is 43.1 Å². The summed E-state index contributed by atoms with van der Waals surface area (Å²) >= 11 is 0. The Labute approximate surface area is 93.7 Å². The van der Waals surface area contributed by atoms with Crippen molar-refractivity contribution in [2.45, 2.75) is 51.1 Å². The van der Waals surface area contributed by atoms with Crippen LogP contribution in [0.2, 0.25) is 0 Å². The number of nitrogens with zero attached hydrogens (tertiary/aromatic N) is 1. The summed E-state index contributed by atoms with van der Waals surface area (Å²) in [6.45, 7) is 10.5. The molecule has 2 rings (SSSR count). The van der Waals surface area contributed by atoms with E-state index in [4.69, 9.17) is 0 Å². The van der Waals surface area contributed by atoms with Gasteiger partial charge in [-0.3, -0.25) is 4.90 Å². The summed E-state index contributed by atoms with van der Waals surface area (Å²) in [6, 6.07) is 0. The van der Waals surface area contributed by atoms with Gasteiger partial charge < -0.3 is 5.32 Å². The lowest BCUT2D eigenvalue weighted by molar-refractivity contribution is 0.0511. The van der Waals surface area contributed by atoms with Crippen molar-refractivity contribution < 1.29 is 0 Å². The molecule has 1 atom stereocenters. The first-order valence-corrected chi connectivity index (χ1v) is 6.17. The molecular weight excluding hydrogens is 184 g/mol. The second-order valence-electron chi connectivity index (χ2n) is 6.01. The highest BCUT2D eigenvalue weighted by molar-refractivity contribution is 5.07. The predicted molar refractivity (Wildman–Crippen MR) is 65.1 cm³/mol. The topological polar surface area (TPSA) is 15.3 Å². The lowest BCUT2D eigenvalue weighted by Crippen LogP contribution is -2.64. The molecule has 1 aliphatic carbocycles. The van der Waals surface area contributed by atoms with Crippen LogP contribution in [0.5, 0.6) is 0 Å². The van der Waals surface area contributed by atoms with Gasteiger partial charge in [-0.15, -0.1) is 0 Å². The Kier molecular flexibility index (Phi) is 2.91. The van der Waals surface area contributed by atoms with Crippen molar-refractivity contribution >= 4 is 0 Å². The SMILES string of the molecule is CC(C)(C)N1CCN[C@@]2(CC=CCC2)C1. The predicted octanol–water partition coefficient (Wildman–Crippen LogP) is 2.17. The quantitative estimate of drug-likeness (QED) is 0.614. The molecule has 2 heteroatoms. The van der Waals surface area contributed by atoms with Gasteiger partial charge in [0.15, 0.2) is 0 Å². The van der Waals surface area contributed by atoms with Gasteiger partial charge in [0.1, 0.15) is 0 Å². The van der Waals surface area contributed by atoms with Crippen LogP contribution >= 0.6 is 0 Å². The smallest absolute Gasteiger partial charge is 0.0347 e. The molecule has 2 aliphatic rings. The first kappa shape index (κ1) is 11.2. The number of hydrogen-bond donors (Lipinski definition) is 1. The van der Waals surface area contributed by atoms with Crippen molar-refractivity contribution in [1.82, 2.24) is 10.2 Å². The largest absolute Gasteiger partial charge is 0.308 e. The average molecular weight is 208 g/mol. The molecule has 0 unspecified atom stereocenters. The normalized spacial score (nSPS) is 33.5. The van der Waals surface area contributed by atoms with Gasteiger partial charge in [0.2, 0.25) is 0 Å². The lowest BCUT2D eigenvalue weighted by Gasteiger charge is -2.49. The summed E-state index contributed by atoms with van der Waals surface area (Å²) < 4.78 is 0. The maximum Gasteiger partial charge on any atom is 0.0347 e. The molecule has 0 aromatic carbocycles. The van der Waals surface area contributed by atoms with E-state index in [1.54, 1.807) is 0 Å². The number of nitrogens with one attached hydrogen (secondary N) is 1. The molecule has 0 saturated carbocycles. The van der Waals surface area contributed by atoms with Gasteiger partial charge in [0, 0.05) is 30.7 Å². The van der Waals surface area contributed by atoms with Crippen molar-refractivity contribution in [2.75, 3.05) is 19.6 Å². The van der Waals surface area contributed by atoms with E-state index in [1.807, 2.05) is 0 Å². The summed E-state index contributed by atoms with van der Waals surface area (Å²) in [5.41, 5.74) is 0.691. The Morgan fingerprint density at radius 2 is 2.07 bits per heavy atom. The van der Waals surface area contributed by atoms with Gasteiger partial charge in [-0.1, -0.05) is 12.2 Å². The number of allylic oxidation sites excluding steroid dienone is 1. The molecule has 0 radical (unpaired) electrons. The van der Waals surface area contributed by atoms with Crippen LogP contribution < -0.4 is 5.32 Å². The Bertz CT molecular complexity index is 252. The van der Waals surface area contributed by atoms with Crippen LogP contribution in [0.15, 0.2) is 12.2 Å². The third-order valence-electron chi connectivity index (χ3n) is 3.79. The zero-order chi connectivity index (χ0) is 10.9. The van der Waals surface area contributed by atoms with Gasteiger partial charge >= 0.3 is 0 Å². The molecule has 1 fully saturated rings. The van der Waals surface area contributed by atoms with Crippen molar-refractivity contribution in [3.8, 4) is 0 Å². The second-order valence-corrected chi connectivity index (χ2v) is 6.01. The first-order chi connectivity index (χ1) is 7.02. The summed E-state index contributed by atoms with van der Waals surface area (Å²) in [4.78, 5) is 2.63. The van der Waals surface area contributed by atoms with Gasteiger partial charge in [-0.25, -0.2) is 0 Å². The van der Waals surface area contributed by atoms with Gasteiger partial charge in [-0.05, 0) is 40.0 Å². The minimum Gasteiger partial charge on any atom is -0.308 e. The molecule has 0 amide bonds. The van der Waals surface area contributed by atoms with Crippen LogP contribution in [0.4, 0.5) is 0 Å². The summed E-state index contributed by atoms with van der Waals surface area (Å²) in [5, 5.41) is 3.74. The minimum atomic E-state index is 0.316. The van der Waals surface area contributed by atoms with E-state index in [9.17, 15) is 0 Å². The van der Waals surface area contributed by atoms with E-state index in [0.717, 1.165) is 6.54 Å². The van der Waals surface area contributed by atoms with E-state index < -0.39 is 0 Å². The second kappa shape index (κ2) is 3.91. The van der Waals surface area contributed by atoms with Gasteiger partial charge in [0.25, 0.3) is 0 Å². The number of rotatable bonds is 0. The van der Waals surface area contributed by atoms with E-state index >= 15 is 0 Å². The molecule has 2 nitrogen and oxygen atoms in total. The molecule has 1 heterocycles. The van der Waals surface area contributed by atoms with Crippen molar-refractivity contribution in [3.05, 3.63) is 12.2 Å². The van der Waals surface area contributed by atoms with Crippen LogP contribution in [0.25, 0.3) is 0 Å². The highest BCUT2D eigenvalue weighted by Crippen LogP contribution is 2.29. The van der Waals surface area contributed by atoms with Gasteiger partial charge in [0.05, 0.1) is 0 Å². The van der Waals surface area contributed by atoms with Crippen LogP contribution in [0, 0.1) is 0 Å². The Hall–Kier alpha value is -0.340. The fourth-order valence-electron chi connectivity index (χ4n) is 2.72. The molecule has 1 saturated heterocycles. The number of piperazine rings is 1. The Morgan fingerprint density at radius 1 is 1.27 bits per heavy atom. The Balaban J connectivity index is 2.06. The van der Waals surface area contributed by atoms with Crippen LogP contribution in [0.3, 0.4) is 0 Å².